The van der Waals surface area contributed by atoms with Gasteiger partial charge in [0.05, 0.1) is 0 Å². The molecule has 1 rings (SSSR count). The second-order valence-corrected chi connectivity index (χ2v) is 6.92. The summed E-state index contributed by atoms with van der Waals surface area (Å²) in [6.07, 6.45) is 1.18. The fourth-order valence-corrected chi connectivity index (χ4v) is 2.79. The van der Waals surface area contributed by atoms with Crippen LogP contribution in [-0.4, -0.2) is 52.3 Å². The summed E-state index contributed by atoms with van der Waals surface area (Å²) in [7, 11) is -0.540. The maximum atomic E-state index is 11.1. The van der Waals surface area contributed by atoms with E-state index in [1.807, 2.05) is 0 Å². The Morgan fingerprint density at radius 3 is 2.40 bits per heavy atom. The van der Waals surface area contributed by atoms with Crippen LogP contribution in [0.25, 0.3) is 0 Å². The minimum absolute atomic E-state index is 0.226. The quantitative estimate of drug-likeness (QED) is 0.729. The van der Waals surface area contributed by atoms with Crippen LogP contribution in [0, 0.1) is 0 Å². The summed E-state index contributed by atoms with van der Waals surface area (Å²) in [5.41, 5.74) is 0.226. The van der Waals surface area contributed by atoms with Gasteiger partial charge in [-0.15, -0.1) is 0 Å². The average molecular weight is 232 g/mol. The molecule has 0 aromatic rings. The first-order chi connectivity index (χ1) is 6.97. The number of hydrogen-bond acceptors (Lipinski definition) is 3. The van der Waals surface area contributed by atoms with Gasteiger partial charge < -0.3 is 10.2 Å². The minimum Gasteiger partial charge on any atom is -0.312 e. The molecule has 1 heterocycles. The highest BCUT2D eigenvalue weighted by atomic mass is 32.2. The third-order valence-electron chi connectivity index (χ3n) is 2.58. The SMILES string of the molecule is CC(C)(C)NCCCN1CCS(=O)CC1. The van der Waals surface area contributed by atoms with Crippen molar-refractivity contribution < 1.29 is 4.21 Å². The highest BCUT2D eigenvalue weighted by Gasteiger charge is 2.14. The zero-order chi connectivity index (χ0) is 11.3. The van der Waals surface area contributed by atoms with Crippen molar-refractivity contribution in [3.05, 3.63) is 0 Å². The fourth-order valence-electron chi connectivity index (χ4n) is 1.67. The molecular formula is C11H24N2OS. The number of hydrogen-bond donors (Lipinski definition) is 1. The Kier molecular flexibility index (Phi) is 5.23. The van der Waals surface area contributed by atoms with E-state index in [1.54, 1.807) is 0 Å². The van der Waals surface area contributed by atoms with Crippen molar-refractivity contribution in [3.63, 3.8) is 0 Å². The Balaban J connectivity index is 2.03. The molecule has 1 aliphatic heterocycles. The van der Waals surface area contributed by atoms with Crippen LogP contribution in [0.4, 0.5) is 0 Å². The lowest BCUT2D eigenvalue weighted by Gasteiger charge is -2.27. The van der Waals surface area contributed by atoms with Gasteiger partial charge >= 0.3 is 0 Å². The first kappa shape index (κ1) is 13.1. The molecule has 0 aromatic heterocycles. The van der Waals surface area contributed by atoms with E-state index in [0.717, 1.165) is 37.7 Å². The molecule has 0 radical (unpaired) electrons. The third kappa shape index (κ3) is 6.28. The van der Waals surface area contributed by atoms with Gasteiger partial charge in [-0.25, -0.2) is 0 Å². The maximum absolute atomic E-state index is 11.1. The fraction of sp³-hybridized carbons (Fsp3) is 1.00. The van der Waals surface area contributed by atoms with Gasteiger partial charge in [-0.05, 0) is 40.3 Å². The van der Waals surface area contributed by atoms with Gasteiger partial charge in [-0.3, -0.25) is 4.21 Å². The summed E-state index contributed by atoms with van der Waals surface area (Å²) in [6.45, 7) is 10.8. The molecule has 4 heteroatoms. The van der Waals surface area contributed by atoms with Gasteiger partial charge in [0.15, 0.2) is 0 Å². The molecule has 0 unspecified atom stereocenters. The molecule has 0 atom stereocenters. The van der Waals surface area contributed by atoms with Crippen LogP contribution in [0.5, 0.6) is 0 Å². The van der Waals surface area contributed by atoms with E-state index >= 15 is 0 Å². The lowest BCUT2D eigenvalue weighted by molar-refractivity contribution is 0.287. The van der Waals surface area contributed by atoms with E-state index in [0.29, 0.717) is 0 Å². The standard InChI is InChI=1S/C11H24N2OS/c1-11(2,3)12-5-4-6-13-7-9-15(14)10-8-13/h12H,4-10H2,1-3H3. The summed E-state index contributed by atoms with van der Waals surface area (Å²) in [5, 5.41) is 3.48. The lowest BCUT2D eigenvalue weighted by atomic mass is 10.1. The van der Waals surface area contributed by atoms with Crippen LogP contribution in [0.3, 0.4) is 0 Å². The van der Waals surface area contributed by atoms with Crippen molar-refractivity contribution in [1.29, 1.82) is 0 Å². The molecule has 0 amide bonds. The van der Waals surface area contributed by atoms with E-state index in [2.05, 4.69) is 31.0 Å². The summed E-state index contributed by atoms with van der Waals surface area (Å²) < 4.78 is 11.1. The smallest absolute Gasteiger partial charge is 0.0363 e. The Morgan fingerprint density at radius 1 is 1.27 bits per heavy atom. The monoisotopic (exact) mass is 232 g/mol. The lowest BCUT2D eigenvalue weighted by Crippen LogP contribution is -2.41. The second-order valence-electron chi connectivity index (χ2n) is 5.22. The van der Waals surface area contributed by atoms with Gasteiger partial charge in [0.1, 0.15) is 0 Å². The number of rotatable bonds is 4. The molecule has 0 aromatic carbocycles. The minimum atomic E-state index is -0.540. The van der Waals surface area contributed by atoms with Gasteiger partial charge in [-0.1, -0.05) is 0 Å². The van der Waals surface area contributed by atoms with Crippen molar-refractivity contribution in [2.75, 3.05) is 37.7 Å². The average Bonchev–Trinajstić information content (AvgIpc) is 2.14. The Morgan fingerprint density at radius 2 is 1.87 bits per heavy atom. The van der Waals surface area contributed by atoms with Gasteiger partial charge in [-0.2, -0.15) is 0 Å². The first-order valence-electron chi connectivity index (χ1n) is 5.80. The second kappa shape index (κ2) is 5.97. The predicted molar refractivity (Wildman–Crippen MR) is 66.7 cm³/mol. The highest BCUT2D eigenvalue weighted by molar-refractivity contribution is 7.85. The Bertz CT molecular complexity index is 203. The molecule has 0 bridgehead atoms. The van der Waals surface area contributed by atoms with E-state index in [9.17, 15) is 4.21 Å². The molecule has 0 saturated carbocycles. The number of nitrogens with one attached hydrogen (secondary N) is 1. The molecule has 1 N–H and O–H groups in total. The molecule has 1 aliphatic rings. The molecule has 1 saturated heterocycles. The third-order valence-corrected chi connectivity index (χ3v) is 3.85. The molecule has 0 aliphatic carbocycles. The van der Waals surface area contributed by atoms with Crippen molar-refractivity contribution in [2.24, 2.45) is 0 Å². The normalized spacial score (nSPS) is 20.7. The van der Waals surface area contributed by atoms with Crippen molar-refractivity contribution in [3.8, 4) is 0 Å². The molecule has 15 heavy (non-hydrogen) atoms. The van der Waals surface area contributed by atoms with Crippen LogP contribution < -0.4 is 5.32 Å². The predicted octanol–water partition coefficient (Wildman–Crippen LogP) is 0.829. The van der Waals surface area contributed by atoms with E-state index in [-0.39, 0.29) is 5.54 Å². The summed E-state index contributed by atoms with van der Waals surface area (Å²) in [5.74, 6) is 1.74. The first-order valence-corrected chi connectivity index (χ1v) is 7.28. The largest absolute Gasteiger partial charge is 0.312 e. The van der Waals surface area contributed by atoms with Crippen molar-refractivity contribution in [2.45, 2.75) is 32.7 Å². The molecule has 0 spiro atoms. The van der Waals surface area contributed by atoms with E-state index < -0.39 is 10.8 Å². The Hall–Kier alpha value is 0.0700. The Labute approximate surface area is 96.1 Å². The molecular weight excluding hydrogens is 208 g/mol. The van der Waals surface area contributed by atoms with Crippen LogP contribution in [-0.2, 0) is 10.8 Å². The van der Waals surface area contributed by atoms with Crippen LogP contribution in [0.15, 0.2) is 0 Å². The van der Waals surface area contributed by atoms with Crippen molar-refractivity contribution in [1.82, 2.24) is 10.2 Å². The van der Waals surface area contributed by atoms with Gasteiger partial charge in [0.25, 0.3) is 0 Å². The summed E-state index contributed by atoms with van der Waals surface area (Å²) >= 11 is 0. The summed E-state index contributed by atoms with van der Waals surface area (Å²) in [4.78, 5) is 2.42. The van der Waals surface area contributed by atoms with Gasteiger partial charge in [0, 0.05) is 40.9 Å². The topological polar surface area (TPSA) is 32.3 Å². The molecule has 90 valence electrons. The van der Waals surface area contributed by atoms with E-state index in [1.165, 1.54) is 6.42 Å². The van der Waals surface area contributed by atoms with Crippen LogP contribution in [0.1, 0.15) is 27.2 Å². The maximum Gasteiger partial charge on any atom is 0.0363 e. The molecule has 1 fully saturated rings. The summed E-state index contributed by atoms with van der Waals surface area (Å²) in [6, 6.07) is 0. The van der Waals surface area contributed by atoms with Crippen LogP contribution >= 0.6 is 0 Å². The van der Waals surface area contributed by atoms with Crippen LogP contribution in [0.2, 0.25) is 0 Å². The van der Waals surface area contributed by atoms with Crippen molar-refractivity contribution >= 4 is 10.8 Å². The van der Waals surface area contributed by atoms with E-state index in [4.69, 9.17) is 0 Å². The zero-order valence-electron chi connectivity index (χ0n) is 10.2. The molecule has 3 nitrogen and oxygen atoms in total. The van der Waals surface area contributed by atoms with Gasteiger partial charge in [0.2, 0.25) is 0 Å². The zero-order valence-corrected chi connectivity index (χ0v) is 11.0. The highest BCUT2D eigenvalue weighted by Crippen LogP contribution is 2.02. The number of nitrogens with zero attached hydrogens (tertiary/aromatic N) is 1.